The van der Waals surface area contributed by atoms with Crippen molar-refractivity contribution in [3.8, 4) is 5.75 Å². The fourth-order valence-corrected chi connectivity index (χ4v) is 2.70. The summed E-state index contributed by atoms with van der Waals surface area (Å²) < 4.78 is 79.3. The topological polar surface area (TPSA) is 32.7 Å². The minimum absolute atomic E-state index is 0.0825. The van der Waals surface area contributed by atoms with Crippen LogP contribution in [0.2, 0.25) is 0 Å². The molecule has 28 heavy (non-hydrogen) atoms. The molecule has 0 amide bonds. The first-order chi connectivity index (χ1) is 12.9. The van der Waals surface area contributed by atoms with Gasteiger partial charge < -0.3 is 9.84 Å². The van der Waals surface area contributed by atoms with Crippen LogP contribution in [0.1, 0.15) is 16.7 Å². The molecule has 154 valence electrons. The molecule has 2 aromatic carbocycles. The second-order valence-corrected chi connectivity index (χ2v) is 6.41. The molecule has 2 aromatic rings. The molecule has 0 spiro atoms. The standard InChI is InChI=1S/C19H19F6NO2/c1-13-4-2-5-14(8-13)10-26(12-17(27)18(20,21)22)11-15-6-3-7-16(9-15)28-19(23,24)25/h2-9,17,27H,10-12H2,1H3. The number of ether oxygens (including phenoxy) is 1. The Morgan fingerprint density at radius 2 is 1.50 bits per heavy atom. The van der Waals surface area contributed by atoms with Crippen molar-refractivity contribution < 1.29 is 36.2 Å². The lowest BCUT2D eigenvalue weighted by molar-refractivity contribution is -0.274. The third-order valence-electron chi connectivity index (χ3n) is 3.84. The predicted molar refractivity (Wildman–Crippen MR) is 90.5 cm³/mol. The maximum Gasteiger partial charge on any atom is 0.573 e. The molecule has 3 nitrogen and oxygen atoms in total. The van der Waals surface area contributed by atoms with Crippen molar-refractivity contribution in [2.75, 3.05) is 6.54 Å². The van der Waals surface area contributed by atoms with Crippen LogP contribution in [0.5, 0.6) is 5.75 Å². The van der Waals surface area contributed by atoms with E-state index in [-0.39, 0.29) is 13.1 Å². The molecule has 0 saturated heterocycles. The van der Waals surface area contributed by atoms with Gasteiger partial charge in [0.05, 0.1) is 0 Å². The Balaban J connectivity index is 2.20. The second-order valence-electron chi connectivity index (χ2n) is 6.41. The summed E-state index contributed by atoms with van der Waals surface area (Å²) in [5, 5.41) is 9.43. The van der Waals surface area contributed by atoms with Gasteiger partial charge in [-0.15, -0.1) is 13.2 Å². The average Bonchev–Trinajstić information content (AvgIpc) is 2.52. The van der Waals surface area contributed by atoms with Crippen LogP contribution in [0.4, 0.5) is 26.3 Å². The average molecular weight is 407 g/mol. The summed E-state index contributed by atoms with van der Waals surface area (Å²) in [6.45, 7) is 1.09. The number of rotatable bonds is 7. The van der Waals surface area contributed by atoms with E-state index in [1.54, 1.807) is 18.2 Å². The highest BCUT2D eigenvalue weighted by atomic mass is 19.4. The number of alkyl halides is 6. The lowest BCUT2D eigenvalue weighted by atomic mass is 10.1. The van der Waals surface area contributed by atoms with Crippen LogP contribution in [0, 0.1) is 6.92 Å². The second kappa shape index (κ2) is 8.83. The van der Waals surface area contributed by atoms with E-state index in [2.05, 4.69) is 4.74 Å². The highest BCUT2D eigenvalue weighted by Gasteiger charge is 2.39. The first-order valence-electron chi connectivity index (χ1n) is 8.30. The maximum absolute atomic E-state index is 12.8. The maximum atomic E-state index is 12.8. The van der Waals surface area contributed by atoms with Crippen molar-refractivity contribution in [3.63, 3.8) is 0 Å². The van der Waals surface area contributed by atoms with Crippen molar-refractivity contribution in [2.45, 2.75) is 38.7 Å². The molecule has 0 bridgehead atoms. The Hall–Kier alpha value is -2.26. The van der Waals surface area contributed by atoms with E-state index in [0.717, 1.165) is 23.3 Å². The number of halogens is 6. The Bertz CT molecular complexity index is 776. The van der Waals surface area contributed by atoms with E-state index in [1.807, 2.05) is 13.0 Å². The number of aliphatic hydroxyl groups excluding tert-OH is 1. The largest absolute Gasteiger partial charge is 0.573 e. The molecule has 1 unspecified atom stereocenters. The minimum atomic E-state index is -4.87. The molecule has 1 N–H and O–H groups in total. The molecule has 9 heteroatoms. The Labute approximate surface area is 158 Å². The van der Waals surface area contributed by atoms with Gasteiger partial charge in [0.1, 0.15) is 5.75 Å². The number of hydrogen-bond donors (Lipinski definition) is 1. The molecule has 0 radical (unpaired) electrons. The van der Waals surface area contributed by atoms with Crippen LogP contribution in [-0.4, -0.2) is 35.2 Å². The van der Waals surface area contributed by atoms with Crippen molar-refractivity contribution in [3.05, 3.63) is 65.2 Å². The van der Waals surface area contributed by atoms with Crippen LogP contribution >= 0.6 is 0 Å². The van der Waals surface area contributed by atoms with Gasteiger partial charge in [0.2, 0.25) is 0 Å². The molecule has 2 rings (SSSR count). The first-order valence-corrected chi connectivity index (χ1v) is 8.30. The monoisotopic (exact) mass is 407 g/mol. The number of aryl methyl sites for hydroxylation is 1. The van der Waals surface area contributed by atoms with Crippen molar-refractivity contribution >= 4 is 0 Å². The van der Waals surface area contributed by atoms with Gasteiger partial charge in [-0.3, -0.25) is 4.90 Å². The molecule has 0 aliphatic heterocycles. The number of nitrogens with zero attached hydrogens (tertiary/aromatic N) is 1. The van der Waals surface area contributed by atoms with E-state index in [4.69, 9.17) is 0 Å². The lowest BCUT2D eigenvalue weighted by Gasteiger charge is -2.26. The SMILES string of the molecule is Cc1cccc(CN(Cc2cccc(OC(F)(F)F)c2)CC(O)C(F)(F)F)c1. The van der Waals surface area contributed by atoms with Gasteiger partial charge in [0, 0.05) is 19.6 Å². The van der Waals surface area contributed by atoms with E-state index < -0.39 is 30.9 Å². The Morgan fingerprint density at radius 3 is 2.04 bits per heavy atom. The number of hydrogen-bond acceptors (Lipinski definition) is 3. The number of benzene rings is 2. The van der Waals surface area contributed by atoms with Gasteiger partial charge in [-0.25, -0.2) is 0 Å². The molecular formula is C19H19F6NO2. The molecule has 0 aliphatic rings. The summed E-state index contributed by atoms with van der Waals surface area (Å²) in [5.74, 6) is -0.461. The predicted octanol–water partition coefficient (Wildman–Crippen LogP) is 4.82. The summed E-state index contributed by atoms with van der Waals surface area (Å²) >= 11 is 0. The third-order valence-corrected chi connectivity index (χ3v) is 3.84. The minimum Gasteiger partial charge on any atom is -0.406 e. The summed E-state index contributed by atoms with van der Waals surface area (Å²) in [5.41, 5.74) is 1.95. The Morgan fingerprint density at radius 1 is 0.929 bits per heavy atom. The molecular weight excluding hydrogens is 388 g/mol. The van der Waals surface area contributed by atoms with Crippen molar-refractivity contribution in [1.29, 1.82) is 0 Å². The summed E-state index contributed by atoms with van der Waals surface area (Å²) in [6, 6.07) is 12.1. The third kappa shape index (κ3) is 7.40. The Kier molecular flexibility index (Phi) is 6.95. The normalized spacial score (nSPS) is 13.6. The van der Waals surface area contributed by atoms with Crippen LogP contribution in [0.3, 0.4) is 0 Å². The summed E-state index contributed by atoms with van der Waals surface area (Å²) in [7, 11) is 0. The van der Waals surface area contributed by atoms with Crippen LogP contribution in [0.25, 0.3) is 0 Å². The van der Waals surface area contributed by atoms with Crippen LogP contribution in [-0.2, 0) is 13.1 Å². The van der Waals surface area contributed by atoms with Gasteiger partial charge in [-0.1, -0.05) is 42.0 Å². The quantitative estimate of drug-likeness (QED) is 0.668. The molecule has 1 atom stereocenters. The zero-order valence-corrected chi connectivity index (χ0v) is 14.9. The van der Waals surface area contributed by atoms with Gasteiger partial charge >= 0.3 is 12.5 Å². The molecule has 0 aromatic heterocycles. The smallest absolute Gasteiger partial charge is 0.406 e. The van der Waals surface area contributed by atoms with E-state index in [1.165, 1.54) is 17.0 Å². The van der Waals surface area contributed by atoms with Gasteiger partial charge in [0.25, 0.3) is 0 Å². The fraction of sp³-hybridized carbons (Fsp3) is 0.368. The highest BCUT2D eigenvalue weighted by molar-refractivity contribution is 5.29. The van der Waals surface area contributed by atoms with Gasteiger partial charge in [0.15, 0.2) is 6.10 Å². The number of aliphatic hydroxyl groups is 1. The molecule has 0 fully saturated rings. The zero-order valence-electron chi connectivity index (χ0n) is 14.9. The molecule has 0 aliphatic carbocycles. The fourth-order valence-electron chi connectivity index (χ4n) is 2.70. The van der Waals surface area contributed by atoms with E-state index >= 15 is 0 Å². The first kappa shape index (κ1) is 22.0. The molecule has 0 saturated carbocycles. The lowest BCUT2D eigenvalue weighted by Crippen LogP contribution is -2.40. The highest BCUT2D eigenvalue weighted by Crippen LogP contribution is 2.25. The van der Waals surface area contributed by atoms with Gasteiger partial charge in [-0.05, 0) is 30.2 Å². The summed E-state index contributed by atoms with van der Waals surface area (Å²) in [4.78, 5) is 1.32. The van der Waals surface area contributed by atoms with Crippen LogP contribution in [0.15, 0.2) is 48.5 Å². The van der Waals surface area contributed by atoms with E-state index in [9.17, 15) is 31.4 Å². The molecule has 0 heterocycles. The van der Waals surface area contributed by atoms with Crippen LogP contribution < -0.4 is 4.74 Å². The van der Waals surface area contributed by atoms with E-state index in [0.29, 0.717) is 5.56 Å². The zero-order chi connectivity index (χ0) is 20.9. The summed E-state index contributed by atoms with van der Waals surface area (Å²) in [6.07, 6.45) is -12.2. The van der Waals surface area contributed by atoms with Crippen molar-refractivity contribution in [2.24, 2.45) is 0 Å². The van der Waals surface area contributed by atoms with Gasteiger partial charge in [-0.2, -0.15) is 13.2 Å². The van der Waals surface area contributed by atoms with Crippen molar-refractivity contribution in [1.82, 2.24) is 4.90 Å².